The Bertz CT molecular complexity index is 1670. The van der Waals surface area contributed by atoms with Crippen molar-refractivity contribution in [3.8, 4) is 0 Å². The molecule has 0 amide bonds. The average Bonchev–Trinajstić information content (AvgIpc) is 2.93. The van der Waals surface area contributed by atoms with Crippen molar-refractivity contribution in [1.29, 1.82) is 0 Å². The van der Waals surface area contributed by atoms with Crippen molar-refractivity contribution in [2.45, 2.75) is 32.6 Å². The third kappa shape index (κ3) is 6.08. The van der Waals surface area contributed by atoms with E-state index in [0.717, 1.165) is 55.7 Å². The second kappa shape index (κ2) is 11.6. The number of aromatic nitrogens is 2. The van der Waals surface area contributed by atoms with Crippen LogP contribution in [0.25, 0.3) is 21.8 Å². The Morgan fingerprint density at radius 3 is 1.60 bits per heavy atom. The number of pyridine rings is 2. The Morgan fingerprint density at radius 2 is 1.12 bits per heavy atom. The van der Waals surface area contributed by atoms with Crippen LogP contribution < -0.4 is 10.6 Å². The third-order valence-electron chi connectivity index (χ3n) is 6.92. The quantitative estimate of drug-likeness (QED) is 0.213. The molecule has 2 aromatic heterocycles. The molecule has 0 aliphatic carbocycles. The summed E-state index contributed by atoms with van der Waals surface area (Å²) in [5.41, 5.74) is 7.86. The van der Waals surface area contributed by atoms with E-state index in [2.05, 4.69) is 58.7 Å². The number of aryl methyl sites for hydroxylation is 4. The minimum Gasteiger partial charge on any atom is -0.383 e. The first-order valence-electron chi connectivity index (χ1n) is 13.5. The number of nitrogens with zero attached hydrogens (tertiary/aromatic N) is 3. The van der Waals surface area contributed by atoms with Gasteiger partial charge in [0, 0.05) is 59.7 Å². The molecule has 0 aliphatic heterocycles. The molecule has 40 heavy (non-hydrogen) atoms. The molecule has 0 bridgehead atoms. The van der Waals surface area contributed by atoms with Crippen molar-refractivity contribution in [2.24, 2.45) is 0 Å². The molecular weight excluding hydrogens is 518 g/mol. The number of hydrogen-bond acceptors (Lipinski definition) is 6. The summed E-state index contributed by atoms with van der Waals surface area (Å²) < 4.78 is 28.9. The second-order valence-corrected chi connectivity index (χ2v) is 12.2. The van der Waals surface area contributed by atoms with E-state index < -0.39 is 10.0 Å². The smallest absolute Gasteiger partial charge is 0.243 e. The van der Waals surface area contributed by atoms with Gasteiger partial charge in [-0.3, -0.25) is 9.97 Å². The van der Waals surface area contributed by atoms with Gasteiger partial charge in [0.15, 0.2) is 0 Å². The monoisotopic (exact) mass is 553 g/mol. The minimum absolute atomic E-state index is 0.289. The summed E-state index contributed by atoms with van der Waals surface area (Å²) in [7, 11) is -3.70. The van der Waals surface area contributed by atoms with Gasteiger partial charge in [-0.25, -0.2) is 8.42 Å². The van der Waals surface area contributed by atoms with Gasteiger partial charge in [-0.2, -0.15) is 4.31 Å². The van der Waals surface area contributed by atoms with Crippen LogP contribution >= 0.6 is 0 Å². The second-order valence-electron chi connectivity index (χ2n) is 10.2. The van der Waals surface area contributed by atoms with Gasteiger partial charge in [0.05, 0.1) is 15.9 Å². The molecule has 0 fully saturated rings. The van der Waals surface area contributed by atoms with Gasteiger partial charge in [-0.05, 0) is 76.2 Å². The molecule has 7 nitrogen and oxygen atoms in total. The van der Waals surface area contributed by atoms with E-state index in [0.29, 0.717) is 26.2 Å². The summed E-state index contributed by atoms with van der Waals surface area (Å²) in [6, 6.07) is 25.0. The van der Waals surface area contributed by atoms with Gasteiger partial charge in [0.1, 0.15) is 0 Å². The Labute approximate surface area is 236 Å². The lowest BCUT2D eigenvalue weighted by molar-refractivity contribution is 0.433. The summed E-state index contributed by atoms with van der Waals surface area (Å²) in [5.74, 6) is 0. The van der Waals surface area contributed by atoms with Crippen LogP contribution in [0.4, 0.5) is 11.4 Å². The standard InChI is InChI=1S/C32H35N5O2S/c1-22-10-12-29-27(18-22)31(20-24(3)35-29)33-14-16-37(40(38,39)26-8-6-5-7-9-26)17-15-34-32-21-25(4)36-30-13-11-23(2)19-28(30)32/h5-13,18-21H,14-17H2,1-4H3,(H,33,35)(H,34,36). The van der Waals surface area contributed by atoms with Crippen molar-refractivity contribution in [3.63, 3.8) is 0 Å². The van der Waals surface area contributed by atoms with E-state index in [1.807, 2.05) is 44.2 Å². The van der Waals surface area contributed by atoms with Crippen LogP contribution in [0.2, 0.25) is 0 Å². The van der Waals surface area contributed by atoms with Gasteiger partial charge in [0.25, 0.3) is 0 Å². The summed E-state index contributed by atoms with van der Waals surface area (Å²) in [6.45, 7) is 9.57. The van der Waals surface area contributed by atoms with Crippen LogP contribution in [-0.2, 0) is 10.0 Å². The highest BCUT2D eigenvalue weighted by Crippen LogP contribution is 2.26. The summed E-state index contributed by atoms with van der Waals surface area (Å²) in [6.07, 6.45) is 0. The van der Waals surface area contributed by atoms with E-state index in [4.69, 9.17) is 0 Å². The largest absolute Gasteiger partial charge is 0.383 e. The molecule has 0 unspecified atom stereocenters. The highest BCUT2D eigenvalue weighted by molar-refractivity contribution is 7.89. The Kier molecular flexibility index (Phi) is 8.00. The number of benzene rings is 3. The highest BCUT2D eigenvalue weighted by Gasteiger charge is 2.24. The van der Waals surface area contributed by atoms with Crippen LogP contribution in [0.5, 0.6) is 0 Å². The van der Waals surface area contributed by atoms with E-state index in [-0.39, 0.29) is 4.90 Å². The zero-order valence-electron chi connectivity index (χ0n) is 23.4. The molecule has 2 N–H and O–H groups in total. The number of fused-ring (bicyclic) bond motifs is 2. The van der Waals surface area contributed by atoms with E-state index in [1.54, 1.807) is 28.6 Å². The molecular formula is C32H35N5O2S. The van der Waals surface area contributed by atoms with E-state index in [1.165, 1.54) is 0 Å². The van der Waals surface area contributed by atoms with Crippen molar-refractivity contribution in [1.82, 2.24) is 14.3 Å². The van der Waals surface area contributed by atoms with E-state index >= 15 is 0 Å². The number of sulfonamides is 1. The Balaban J connectivity index is 1.36. The molecule has 0 radical (unpaired) electrons. The maximum absolute atomic E-state index is 13.7. The van der Waals surface area contributed by atoms with Crippen molar-refractivity contribution in [2.75, 3.05) is 36.8 Å². The lowest BCUT2D eigenvalue weighted by Crippen LogP contribution is -2.38. The van der Waals surface area contributed by atoms with Crippen LogP contribution in [0, 0.1) is 27.7 Å². The fourth-order valence-corrected chi connectivity index (χ4v) is 6.42. The molecule has 8 heteroatoms. The van der Waals surface area contributed by atoms with Gasteiger partial charge < -0.3 is 10.6 Å². The lowest BCUT2D eigenvalue weighted by Gasteiger charge is -2.24. The predicted molar refractivity (Wildman–Crippen MR) is 165 cm³/mol. The zero-order chi connectivity index (χ0) is 28.3. The fourth-order valence-electron chi connectivity index (χ4n) is 4.96. The first kappa shape index (κ1) is 27.6. The van der Waals surface area contributed by atoms with E-state index in [9.17, 15) is 8.42 Å². The first-order valence-corrected chi connectivity index (χ1v) is 14.9. The minimum atomic E-state index is -3.70. The SMILES string of the molecule is Cc1ccc2nc(C)cc(NCCN(CCNc3cc(C)nc4ccc(C)cc34)S(=O)(=O)c3ccccc3)c2c1. The van der Waals surface area contributed by atoms with Crippen LogP contribution in [0.15, 0.2) is 83.8 Å². The van der Waals surface area contributed by atoms with Gasteiger partial charge in [-0.1, -0.05) is 41.5 Å². The summed E-state index contributed by atoms with van der Waals surface area (Å²) in [4.78, 5) is 9.57. The average molecular weight is 554 g/mol. The third-order valence-corrected chi connectivity index (χ3v) is 8.83. The molecule has 2 heterocycles. The Hall–Kier alpha value is -4.01. The molecule has 5 aromatic rings. The topological polar surface area (TPSA) is 87.2 Å². The molecule has 0 aliphatic rings. The summed E-state index contributed by atoms with van der Waals surface area (Å²) in [5, 5.41) is 9.02. The molecule has 0 saturated carbocycles. The molecule has 206 valence electrons. The van der Waals surface area contributed by atoms with Crippen molar-refractivity contribution < 1.29 is 8.42 Å². The van der Waals surface area contributed by atoms with Gasteiger partial charge >= 0.3 is 0 Å². The Morgan fingerprint density at radius 1 is 0.650 bits per heavy atom. The first-order chi connectivity index (χ1) is 19.2. The number of hydrogen-bond donors (Lipinski definition) is 2. The summed E-state index contributed by atoms with van der Waals surface area (Å²) >= 11 is 0. The lowest BCUT2D eigenvalue weighted by atomic mass is 10.1. The molecule has 3 aromatic carbocycles. The number of anilines is 2. The fraction of sp³-hybridized carbons (Fsp3) is 0.250. The van der Waals surface area contributed by atoms with Crippen LogP contribution in [0.1, 0.15) is 22.5 Å². The predicted octanol–water partition coefficient (Wildman–Crippen LogP) is 6.23. The van der Waals surface area contributed by atoms with Crippen LogP contribution in [0.3, 0.4) is 0 Å². The molecule has 0 saturated heterocycles. The maximum atomic E-state index is 13.7. The van der Waals surface area contributed by atoms with Crippen LogP contribution in [-0.4, -0.2) is 48.9 Å². The zero-order valence-corrected chi connectivity index (χ0v) is 24.2. The van der Waals surface area contributed by atoms with Gasteiger partial charge in [0.2, 0.25) is 10.0 Å². The molecule has 5 rings (SSSR count). The van der Waals surface area contributed by atoms with Crippen molar-refractivity contribution >= 4 is 43.2 Å². The highest BCUT2D eigenvalue weighted by atomic mass is 32.2. The molecule has 0 spiro atoms. The number of rotatable bonds is 10. The maximum Gasteiger partial charge on any atom is 0.243 e. The normalized spacial score (nSPS) is 11.8. The number of nitrogens with one attached hydrogen (secondary N) is 2. The van der Waals surface area contributed by atoms with Gasteiger partial charge in [-0.15, -0.1) is 0 Å². The molecule has 0 atom stereocenters. The van der Waals surface area contributed by atoms with Crippen molar-refractivity contribution in [3.05, 3.63) is 101 Å².